The van der Waals surface area contributed by atoms with Crippen LogP contribution >= 0.6 is 0 Å². The van der Waals surface area contributed by atoms with E-state index in [-0.39, 0.29) is 25.6 Å². The number of rotatable bonds is 34. The fourth-order valence-corrected chi connectivity index (χ4v) is 5.80. The van der Waals surface area contributed by atoms with Gasteiger partial charge < -0.3 is 39.4 Å². The molecular weight excluding hydrogens is 684 g/mol. The SMILES string of the molecule is CC/C=C\C/C=C\C/C=C\C/C=C\CCCCC(=O)OC(COCCCCCCCC/C=C\C/C=C\CCCCC)COC1OC(CO)C(O)C(O)C1O. The average molecular weight is 761 g/mol. The molecule has 0 radical (unpaired) electrons. The third-order valence-corrected chi connectivity index (χ3v) is 9.11. The Balaban J connectivity index is 2.35. The molecule has 0 spiro atoms. The maximum absolute atomic E-state index is 12.7. The molecule has 0 aliphatic carbocycles. The Kier molecular flexibility index (Phi) is 33.4. The van der Waals surface area contributed by atoms with Crippen LogP contribution in [0.1, 0.15) is 142 Å². The van der Waals surface area contributed by atoms with Crippen molar-refractivity contribution < 1.29 is 44.2 Å². The molecule has 0 bridgehead atoms. The van der Waals surface area contributed by atoms with Gasteiger partial charge in [-0.05, 0) is 83.5 Å². The van der Waals surface area contributed by atoms with E-state index in [2.05, 4.69) is 86.8 Å². The number of ether oxygens (including phenoxy) is 4. The number of esters is 1. The minimum atomic E-state index is -1.55. The summed E-state index contributed by atoms with van der Waals surface area (Å²) in [6.07, 6.45) is 39.2. The van der Waals surface area contributed by atoms with E-state index in [1.165, 1.54) is 44.9 Å². The summed E-state index contributed by atoms with van der Waals surface area (Å²) in [5, 5.41) is 40.0. The minimum Gasteiger partial charge on any atom is -0.457 e. The lowest BCUT2D eigenvalue weighted by Crippen LogP contribution is -2.59. The van der Waals surface area contributed by atoms with E-state index >= 15 is 0 Å². The predicted molar refractivity (Wildman–Crippen MR) is 219 cm³/mol. The van der Waals surface area contributed by atoms with E-state index in [1.807, 2.05) is 0 Å². The first-order chi connectivity index (χ1) is 26.4. The first kappa shape index (κ1) is 49.6. The second-order valence-electron chi connectivity index (χ2n) is 14.0. The highest BCUT2D eigenvalue weighted by Gasteiger charge is 2.44. The van der Waals surface area contributed by atoms with Gasteiger partial charge in [-0.3, -0.25) is 4.79 Å². The Bertz CT molecular complexity index is 1050. The molecular formula is C45H76O9. The zero-order valence-electron chi connectivity index (χ0n) is 33.7. The van der Waals surface area contributed by atoms with Crippen molar-refractivity contribution in [3.8, 4) is 0 Å². The molecule has 6 atom stereocenters. The van der Waals surface area contributed by atoms with E-state index in [1.54, 1.807) is 0 Å². The van der Waals surface area contributed by atoms with Gasteiger partial charge in [-0.2, -0.15) is 0 Å². The molecule has 1 saturated heterocycles. The Morgan fingerprint density at radius 2 is 1.13 bits per heavy atom. The van der Waals surface area contributed by atoms with Crippen LogP contribution in [0.2, 0.25) is 0 Å². The number of allylic oxidation sites excluding steroid dienone is 12. The molecule has 9 heteroatoms. The summed E-state index contributed by atoms with van der Waals surface area (Å²) in [4.78, 5) is 12.7. The Morgan fingerprint density at radius 3 is 1.70 bits per heavy atom. The van der Waals surface area contributed by atoms with E-state index in [4.69, 9.17) is 18.9 Å². The topological polar surface area (TPSA) is 135 Å². The number of carbonyl (C=O) groups is 1. The van der Waals surface area contributed by atoms with E-state index < -0.39 is 43.4 Å². The highest BCUT2D eigenvalue weighted by molar-refractivity contribution is 5.69. The first-order valence-electron chi connectivity index (χ1n) is 21.0. The van der Waals surface area contributed by atoms with Gasteiger partial charge in [-0.25, -0.2) is 0 Å². The van der Waals surface area contributed by atoms with E-state index in [0.717, 1.165) is 70.6 Å². The van der Waals surface area contributed by atoms with Crippen LogP contribution in [-0.2, 0) is 23.7 Å². The third kappa shape index (κ3) is 27.2. The van der Waals surface area contributed by atoms with Gasteiger partial charge in [0.05, 0.1) is 19.8 Å². The molecule has 0 aromatic heterocycles. The third-order valence-electron chi connectivity index (χ3n) is 9.11. The molecule has 0 aromatic rings. The monoisotopic (exact) mass is 761 g/mol. The summed E-state index contributed by atoms with van der Waals surface area (Å²) in [5.74, 6) is -0.361. The highest BCUT2D eigenvalue weighted by atomic mass is 16.7. The summed E-state index contributed by atoms with van der Waals surface area (Å²) in [6, 6.07) is 0. The molecule has 1 fully saturated rings. The van der Waals surface area contributed by atoms with Crippen molar-refractivity contribution in [2.45, 2.75) is 179 Å². The molecule has 1 rings (SSSR count). The smallest absolute Gasteiger partial charge is 0.306 e. The second kappa shape index (κ2) is 36.3. The van der Waals surface area contributed by atoms with Gasteiger partial charge >= 0.3 is 5.97 Å². The molecule has 6 unspecified atom stereocenters. The van der Waals surface area contributed by atoms with Crippen LogP contribution in [0, 0.1) is 0 Å². The van der Waals surface area contributed by atoms with Gasteiger partial charge in [0, 0.05) is 13.0 Å². The summed E-state index contributed by atoms with van der Waals surface area (Å²) >= 11 is 0. The molecule has 54 heavy (non-hydrogen) atoms. The van der Waals surface area contributed by atoms with Gasteiger partial charge in [-0.1, -0.05) is 125 Å². The Morgan fingerprint density at radius 1 is 0.611 bits per heavy atom. The minimum absolute atomic E-state index is 0.116. The molecule has 310 valence electrons. The summed E-state index contributed by atoms with van der Waals surface area (Å²) in [5.41, 5.74) is 0. The van der Waals surface area contributed by atoms with E-state index in [0.29, 0.717) is 13.0 Å². The molecule has 1 aliphatic rings. The van der Waals surface area contributed by atoms with Gasteiger partial charge in [0.1, 0.15) is 30.5 Å². The number of hydrogen-bond acceptors (Lipinski definition) is 9. The number of aliphatic hydroxyl groups is 4. The normalized spacial score (nSPS) is 21.6. The lowest BCUT2D eigenvalue weighted by atomic mass is 9.99. The standard InChI is InChI=1S/C45H76O9/c1-3-5-7-9-11-13-15-17-19-21-23-25-27-29-31-33-35-51-37-39(38-52-45-44(50)43(49)42(48)40(36-46)54-45)53-41(47)34-32-30-28-26-24-22-20-18-16-14-12-10-8-6-4-2/h6,8,11-14,17-20,24,26,39-40,42-46,48-50H,3-5,7,9-10,15-16,21-23,25,27-38H2,1-2H3/b8-6-,13-11-,14-12-,19-17-,20-18-,26-24-. The van der Waals surface area contributed by atoms with Crippen molar-refractivity contribution in [3.63, 3.8) is 0 Å². The van der Waals surface area contributed by atoms with Gasteiger partial charge in [0.25, 0.3) is 0 Å². The van der Waals surface area contributed by atoms with Gasteiger partial charge in [-0.15, -0.1) is 0 Å². The molecule has 4 N–H and O–H groups in total. The summed E-state index contributed by atoms with van der Waals surface area (Å²) in [7, 11) is 0. The Labute approximate surface area is 327 Å². The van der Waals surface area contributed by atoms with Gasteiger partial charge in [0.2, 0.25) is 0 Å². The van der Waals surface area contributed by atoms with Crippen LogP contribution in [0.4, 0.5) is 0 Å². The average Bonchev–Trinajstić information content (AvgIpc) is 3.17. The molecule has 0 amide bonds. The first-order valence-corrected chi connectivity index (χ1v) is 21.0. The number of hydrogen-bond donors (Lipinski definition) is 4. The summed E-state index contributed by atoms with van der Waals surface area (Å²) in [6.45, 7) is 4.32. The quantitative estimate of drug-likeness (QED) is 0.0288. The van der Waals surface area contributed by atoms with Crippen LogP contribution in [0.5, 0.6) is 0 Å². The van der Waals surface area contributed by atoms with Crippen LogP contribution in [0.15, 0.2) is 72.9 Å². The maximum Gasteiger partial charge on any atom is 0.306 e. The lowest BCUT2D eigenvalue weighted by molar-refractivity contribution is -0.305. The van der Waals surface area contributed by atoms with Crippen molar-refractivity contribution >= 4 is 5.97 Å². The fraction of sp³-hybridized carbons (Fsp3) is 0.711. The van der Waals surface area contributed by atoms with Crippen molar-refractivity contribution in [1.29, 1.82) is 0 Å². The fourth-order valence-electron chi connectivity index (χ4n) is 5.80. The van der Waals surface area contributed by atoms with Crippen molar-refractivity contribution in [2.75, 3.05) is 26.4 Å². The molecule has 1 aliphatic heterocycles. The molecule has 1 heterocycles. The molecule has 0 saturated carbocycles. The Hall–Kier alpha value is -2.37. The number of unbranched alkanes of at least 4 members (excludes halogenated alkanes) is 11. The molecule has 0 aromatic carbocycles. The highest BCUT2D eigenvalue weighted by Crippen LogP contribution is 2.22. The van der Waals surface area contributed by atoms with E-state index in [9.17, 15) is 25.2 Å². The largest absolute Gasteiger partial charge is 0.457 e. The number of carbonyl (C=O) groups excluding carboxylic acids is 1. The van der Waals surface area contributed by atoms with Crippen LogP contribution in [0.25, 0.3) is 0 Å². The zero-order chi connectivity index (χ0) is 39.3. The van der Waals surface area contributed by atoms with Crippen molar-refractivity contribution in [2.24, 2.45) is 0 Å². The van der Waals surface area contributed by atoms with Crippen LogP contribution in [-0.4, -0.2) is 89.6 Å². The van der Waals surface area contributed by atoms with Crippen LogP contribution < -0.4 is 0 Å². The summed E-state index contributed by atoms with van der Waals surface area (Å²) < 4.78 is 22.7. The van der Waals surface area contributed by atoms with Gasteiger partial charge in [0.15, 0.2) is 6.29 Å². The zero-order valence-corrected chi connectivity index (χ0v) is 33.7. The predicted octanol–water partition coefficient (Wildman–Crippen LogP) is 8.91. The molecule has 9 nitrogen and oxygen atoms in total. The van der Waals surface area contributed by atoms with Crippen molar-refractivity contribution in [1.82, 2.24) is 0 Å². The number of aliphatic hydroxyl groups excluding tert-OH is 4. The maximum atomic E-state index is 12.7. The van der Waals surface area contributed by atoms with Crippen LogP contribution in [0.3, 0.4) is 0 Å². The second-order valence-corrected chi connectivity index (χ2v) is 14.0. The lowest BCUT2D eigenvalue weighted by Gasteiger charge is -2.39. The van der Waals surface area contributed by atoms with Crippen molar-refractivity contribution in [3.05, 3.63) is 72.9 Å².